The molecule has 2 aliphatic rings. The van der Waals surface area contributed by atoms with Gasteiger partial charge < -0.3 is 4.90 Å². The third-order valence-corrected chi connectivity index (χ3v) is 3.80. The van der Waals surface area contributed by atoms with Gasteiger partial charge in [0.1, 0.15) is 0 Å². The maximum Gasteiger partial charge on any atom is 0.153 e. The molecular formula is C12H12ClNO. The van der Waals surface area contributed by atoms with E-state index in [1.165, 1.54) is 6.42 Å². The Morgan fingerprint density at radius 2 is 2.07 bits per heavy atom. The van der Waals surface area contributed by atoms with Gasteiger partial charge in [0.15, 0.2) is 6.29 Å². The lowest BCUT2D eigenvalue weighted by Crippen LogP contribution is -2.23. The van der Waals surface area contributed by atoms with E-state index in [1.807, 2.05) is 12.1 Å². The maximum atomic E-state index is 11.0. The second-order valence-electron chi connectivity index (χ2n) is 4.45. The van der Waals surface area contributed by atoms with Gasteiger partial charge in [-0.1, -0.05) is 17.7 Å². The van der Waals surface area contributed by atoms with E-state index in [1.54, 1.807) is 6.07 Å². The number of piperidine rings is 1. The molecule has 2 atom stereocenters. The maximum absolute atomic E-state index is 11.0. The molecule has 2 nitrogen and oxygen atoms in total. The number of halogens is 1. The molecule has 0 spiro atoms. The fourth-order valence-electron chi connectivity index (χ4n) is 2.51. The SMILES string of the molecule is O=Cc1c(Cl)cccc1N1CC2CC2C1. The molecule has 1 aromatic rings. The number of rotatable bonds is 2. The van der Waals surface area contributed by atoms with E-state index in [9.17, 15) is 4.79 Å². The Morgan fingerprint density at radius 3 is 2.73 bits per heavy atom. The number of anilines is 1. The summed E-state index contributed by atoms with van der Waals surface area (Å²) in [5.74, 6) is 1.73. The quantitative estimate of drug-likeness (QED) is 0.716. The normalized spacial score (nSPS) is 27.7. The lowest BCUT2D eigenvalue weighted by atomic mass is 10.1. The van der Waals surface area contributed by atoms with Crippen molar-refractivity contribution in [3.8, 4) is 0 Å². The van der Waals surface area contributed by atoms with Crippen LogP contribution in [0, 0.1) is 11.8 Å². The number of carbonyl (C=O) groups is 1. The van der Waals surface area contributed by atoms with Crippen LogP contribution in [0.2, 0.25) is 5.02 Å². The Labute approximate surface area is 93.8 Å². The first-order valence-corrected chi connectivity index (χ1v) is 5.66. The van der Waals surface area contributed by atoms with Gasteiger partial charge in [-0.3, -0.25) is 4.79 Å². The molecule has 3 heteroatoms. The summed E-state index contributed by atoms with van der Waals surface area (Å²) in [6.07, 6.45) is 2.23. The Morgan fingerprint density at radius 1 is 1.33 bits per heavy atom. The van der Waals surface area contributed by atoms with Gasteiger partial charge in [-0.2, -0.15) is 0 Å². The molecule has 1 aromatic carbocycles. The summed E-state index contributed by atoms with van der Waals surface area (Å²) in [7, 11) is 0. The monoisotopic (exact) mass is 221 g/mol. The van der Waals surface area contributed by atoms with Crippen molar-refractivity contribution in [3.63, 3.8) is 0 Å². The molecule has 2 unspecified atom stereocenters. The van der Waals surface area contributed by atoms with E-state index in [2.05, 4.69) is 4.90 Å². The van der Waals surface area contributed by atoms with Gasteiger partial charge in [0.05, 0.1) is 10.6 Å². The molecule has 1 saturated carbocycles. The van der Waals surface area contributed by atoms with Crippen LogP contribution in [0.3, 0.4) is 0 Å². The number of nitrogens with zero attached hydrogens (tertiary/aromatic N) is 1. The number of benzene rings is 1. The minimum absolute atomic E-state index is 0.558. The third-order valence-electron chi connectivity index (χ3n) is 3.47. The number of carbonyl (C=O) groups excluding carboxylic acids is 1. The van der Waals surface area contributed by atoms with Gasteiger partial charge in [-0.25, -0.2) is 0 Å². The van der Waals surface area contributed by atoms with Crippen LogP contribution in [0.4, 0.5) is 5.69 Å². The summed E-state index contributed by atoms with van der Waals surface area (Å²) >= 11 is 6.00. The molecule has 1 aliphatic heterocycles. The van der Waals surface area contributed by atoms with Gasteiger partial charge in [-0.05, 0) is 30.4 Å². The number of fused-ring (bicyclic) bond motifs is 1. The average molecular weight is 222 g/mol. The lowest BCUT2D eigenvalue weighted by Gasteiger charge is -2.22. The second kappa shape index (κ2) is 3.24. The van der Waals surface area contributed by atoms with E-state index < -0.39 is 0 Å². The second-order valence-corrected chi connectivity index (χ2v) is 4.86. The van der Waals surface area contributed by atoms with Crippen LogP contribution in [-0.2, 0) is 0 Å². The first kappa shape index (κ1) is 9.22. The van der Waals surface area contributed by atoms with Crippen LogP contribution in [0.25, 0.3) is 0 Å². The first-order valence-electron chi connectivity index (χ1n) is 5.28. The van der Waals surface area contributed by atoms with Crippen molar-refractivity contribution < 1.29 is 4.79 Å². The Kier molecular flexibility index (Phi) is 1.99. The van der Waals surface area contributed by atoms with Gasteiger partial charge in [0.25, 0.3) is 0 Å². The lowest BCUT2D eigenvalue weighted by molar-refractivity contribution is 0.112. The molecule has 1 heterocycles. The Hall–Kier alpha value is -1.02. The zero-order valence-electron chi connectivity index (χ0n) is 8.32. The minimum Gasteiger partial charge on any atom is -0.370 e. The summed E-state index contributed by atoms with van der Waals surface area (Å²) in [5, 5.41) is 0.558. The van der Waals surface area contributed by atoms with Crippen molar-refractivity contribution in [3.05, 3.63) is 28.8 Å². The predicted molar refractivity (Wildman–Crippen MR) is 60.6 cm³/mol. The van der Waals surface area contributed by atoms with E-state index >= 15 is 0 Å². The van der Waals surface area contributed by atoms with Crippen molar-refractivity contribution in [2.75, 3.05) is 18.0 Å². The predicted octanol–water partition coefficient (Wildman–Crippen LogP) is 2.61. The smallest absolute Gasteiger partial charge is 0.153 e. The molecule has 15 heavy (non-hydrogen) atoms. The number of hydrogen-bond acceptors (Lipinski definition) is 2. The van der Waals surface area contributed by atoms with E-state index in [4.69, 9.17) is 11.6 Å². The summed E-state index contributed by atoms with van der Waals surface area (Å²) in [5.41, 5.74) is 1.64. The molecule has 0 bridgehead atoms. The van der Waals surface area contributed by atoms with Gasteiger partial charge in [-0.15, -0.1) is 0 Å². The van der Waals surface area contributed by atoms with Gasteiger partial charge in [0.2, 0.25) is 0 Å². The molecule has 3 rings (SSSR count). The summed E-state index contributed by atoms with van der Waals surface area (Å²) in [4.78, 5) is 13.3. The Balaban J connectivity index is 1.96. The van der Waals surface area contributed by atoms with Crippen LogP contribution >= 0.6 is 11.6 Å². The molecule has 0 N–H and O–H groups in total. The largest absolute Gasteiger partial charge is 0.370 e. The fourth-order valence-corrected chi connectivity index (χ4v) is 2.73. The number of aldehydes is 1. The van der Waals surface area contributed by atoms with Crippen molar-refractivity contribution in [1.29, 1.82) is 0 Å². The fraction of sp³-hybridized carbons (Fsp3) is 0.417. The Bertz CT molecular complexity index is 408. The average Bonchev–Trinajstić information content (AvgIpc) is 2.85. The van der Waals surface area contributed by atoms with Crippen molar-refractivity contribution >= 4 is 23.6 Å². The molecule has 78 valence electrons. The third kappa shape index (κ3) is 1.44. The molecule has 0 aromatic heterocycles. The molecule has 1 saturated heterocycles. The van der Waals surface area contributed by atoms with Crippen LogP contribution in [-0.4, -0.2) is 19.4 Å². The van der Waals surface area contributed by atoms with Crippen molar-refractivity contribution in [2.45, 2.75) is 6.42 Å². The first-order chi connectivity index (χ1) is 7.29. The number of hydrogen-bond donors (Lipinski definition) is 0. The standard InChI is InChI=1S/C12H12ClNO/c13-11-2-1-3-12(10(11)7-15)14-5-8-4-9(8)6-14/h1-3,7-9H,4-6H2. The summed E-state index contributed by atoms with van der Waals surface area (Å²) in [6, 6.07) is 5.67. The zero-order chi connectivity index (χ0) is 10.4. The van der Waals surface area contributed by atoms with Crippen molar-refractivity contribution in [2.24, 2.45) is 11.8 Å². The van der Waals surface area contributed by atoms with E-state index in [0.29, 0.717) is 10.6 Å². The molecule has 2 fully saturated rings. The topological polar surface area (TPSA) is 20.3 Å². The van der Waals surface area contributed by atoms with E-state index in [-0.39, 0.29) is 0 Å². The van der Waals surface area contributed by atoms with Gasteiger partial charge >= 0.3 is 0 Å². The summed E-state index contributed by atoms with van der Waals surface area (Å²) < 4.78 is 0. The van der Waals surface area contributed by atoms with Gasteiger partial charge in [0, 0.05) is 18.8 Å². The van der Waals surface area contributed by atoms with Crippen LogP contribution in [0.15, 0.2) is 18.2 Å². The van der Waals surface area contributed by atoms with Crippen LogP contribution in [0.5, 0.6) is 0 Å². The van der Waals surface area contributed by atoms with Crippen LogP contribution in [0.1, 0.15) is 16.8 Å². The highest BCUT2D eigenvalue weighted by Gasteiger charge is 2.45. The molecular weight excluding hydrogens is 210 g/mol. The molecule has 1 aliphatic carbocycles. The minimum atomic E-state index is 0.558. The highest BCUT2D eigenvalue weighted by atomic mass is 35.5. The zero-order valence-corrected chi connectivity index (χ0v) is 9.07. The molecule has 0 radical (unpaired) electrons. The highest BCUT2D eigenvalue weighted by molar-refractivity contribution is 6.33. The van der Waals surface area contributed by atoms with Crippen molar-refractivity contribution in [1.82, 2.24) is 0 Å². The highest BCUT2D eigenvalue weighted by Crippen LogP contribution is 2.47. The van der Waals surface area contributed by atoms with Crippen LogP contribution < -0.4 is 4.90 Å². The summed E-state index contributed by atoms with van der Waals surface area (Å²) in [6.45, 7) is 2.18. The van der Waals surface area contributed by atoms with E-state index in [0.717, 1.165) is 36.9 Å². The molecule has 0 amide bonds.